The predicted molar refractivity (Wildman–Crippen MR) is 128 cm³/mol. The van der Waals surface area contributed by atoms with Crippen LogP contribution < -0.4 is 15.1 Å². The fourth-order valence-corrected chi connectivity index (χ4v) is 4.96. The Labute approximate surface area is 194 Å². The molecule has 2 aliphatic heterocycles. The van der Waals surface area contributed by atoms with Crippen LogP contribution in [0.4, 0.5) is 17.1 Å². The second-order valence-corrected chi connectivity index (χ2v) is 8.80. The van der Waals surface area contributed by atoms with Crippen LogP contribution in [0.5, 0.6) is 0 Å². The molecule has 7 heteroatoms. The Morgan fingerprint density at radius 3 is 2.48 bits per heavy atom. The van der Waals surface area contributed by atoms with Crippen molar-refractivity contribution in [2.24, 2.45) is 0 Å². The van der Waals surface area contributed by atoms with Crippen LogP contribution in [0.3, 0.4) is 0 Å². The summed E-state index contributed by atoms with van der Waals surface area (Å²) in [4.78, 5) is 3.72. The number of nitrogens with zero attached hydrogens (tertiary/aromatic N) is 5. The van der Waals surface area contributed by atoms with Gasteiger partial charge >= 0.3 is 5.54 Å². The molecule has 0 aliphatic carbocycles. The number of nitrogens with one attached hydrogen (secondary N) is 1. The number of para-hydroxylation sites is 1. The van der Waals surface area contributed by atoms with Gasteiger partial charge in [-0.25, -0.2) is 0 Å². The van der Waals surface area contributed by atoms with Crippen molar-refractivity contribution in [1.82, 2.24) is 0 Å². The van der Waals surface area contributed by atoms with E-state index in [1.54, 1.807) is 14.1 Å². The highest BCUT2D eigenvalue weighted by molar-refractivity contribution is 5.77. The van der Waals surface area contributed by atoms with Gasteiger partial charge in [-0.2, -0.15) is 15.8 Å². The van der Waals surface area contributed by atoms with Crippen LogP contribution in [0.25, 0.3) is 6.08 Å². The van der Waals surface area contributed by atoms with Gasteiger partial charge in [0, 0.05) is 31.7 Å². The molecule has 1 atom stereocenters. The van der Waals surface area contributed by atoms with Gasteiger partial charge in [-0.3, -0.25) is 0 Å². The van der Waals surface area contributed by atoms with Gasteiger partial charge in [0.1, 0.15) is 18.2 Å². The monoisotopic (exact) mass is 438 g/mol. The molecule has 0 spiro atoms. The fraction of sp³-hybridized carbons (Fsp3) is 0.346. The van der Waals surface area contributed by atoms with Crippen LogP contribution in [0, 0.1) is 34.0 Å². The van der Waals surface area contributed by atoms with Gasteiger partial charge in [-0.15, -0.1) is 0 Å². The third-order valence-electron chi connectivity index (χ3n) is 6.94. The molecule has 0 amide bonds. The number of ether oxygens (including phenoxy) is 1. The molecule has 2 aromatic rings. The van der Waals surface area contributed by atoms with Crippen molar-refractivity contribution in [3.05, 3.63) is 59.7 Å². The molecule has 0 radical (unpaired) electrons. The van der Waals surface area contributed by atoms with E-state index in [9.17, 15) is 15.8 Å². The van der Waals surface area contributed by atoms with Crippen LogP contribution in [0.15, 0.2) is 48.5 Å². The SMILES string of the molecule is CNc1ccc(C=CC23OCCN2c2ccccc2C3(C)C)cc1N(C)C(C#N)(C#N)C#N. The summed E-state index contributed by atoms with van der Waals surface area (Å²) in [5, 5.41) is 31.7. The highest BCUT2D eigenvalue weighted by Gasteiger charge is 2.58. The van der Waals surface area contributed by atoms with E-state index in [1.165, 1.54) is 16.2 Å². The van der Waals surface area contributed by atoms with E-state index in [0.717, 1.165) is 12.1 Å². The van der Waals surface area contributed by atoms with Gasteiger partial charge < -0.3 is 19.9 Å². The third kappa shape index (κ3) is 3.04. The Balaban J connectivity index is 1.76. The number of nitriles is 3. The minimum absolute atomic E-state index is 0.265. The summed E-state index contributed by atoms with van der Waals surface area (Å²) in [6, 6.07) is 19.6. The molecule has 4 rings (SSSR count). The lowest BCUT2D eigenvalue weighted by Crippen LogP contribution is -2.51. The van der Waals surface area contributed by atoms with Crippen LogP contribution in [-0.4, -0.2) is 38.5 Å². The normalized spacial score (nSPS) is 20.5. The summed E-state index contributed by atoms with van der Waals surface area (Å²) in [5.74, 6) is 0. The van der Waals surface area contributed by atoms with Crippen LogP contribution >= 0.6 is 0 Å². The van der Waals surface area contributed by atoms with Crippen molar-refractivity contribution >= 4 is 23.1 Å². The Morgan fingerprint density at radius 2 is 1.82 bits per heavy atom. The maximum absolute atomic E-state index is 9.54. The molecule has 7 nitrogen and oxygen atoms in total. The first-order valence-corrected chi connectivity index (χ1v) is 10.8. The number of hydrogen-bond acceptors (Lipinski definition) is 7. The number of fused-ring (bicyclic) bond motifs is 3. The second kappa shape index (κ2) is 7.85. The van der Waals surface area contributed by atoms with E-state index in [2.05, 4.69) is 54.4 Å². The van der Waals surface area contributed by atoms with E-state index in [-0.39, 0.29) is 5.41 Å². The topological polar surface area (TPSA) is 99.1 Å². The van der Waals surface area contributed by atoms with Crippen LogP contribution in [-0.2, 0) is 10.2 Å². The van der Waals surface area contributed by atoms with Crippen molar-refractivity contribution in [3.63, 3.8) is 0 Å². The van der Waals surface area contributed by atoms with Gasteiger partial charge in [0.05, 0.1) is 18.0 Å². The van der Waals surface area contributed by atoms with Gasteiger partial charge in [-0.1, -0.05) is 44.2 Å². The first-order valence-electron chi connectivity index (χ1n) is 10.8. The van der Waals surface area contributed by atoms with Crippen molar-refractivity contribution in [2.75, 3.05) is 42.4 Å². The molecule has 0 bridgehead atoms. The minimum Gasteiger partial charge on any atom is -0.386 e. The van der Waals surface area contributed by atoms with Gasteiger partial charge in [-0.05, 0) is 35.4 Å². The predicted octanol–water partition coefficient (Wildman–Crippen LogP) is 4.01. The molecule has 1 fully saturated rings. The minimum atomic E-state index is -1.92. The zero-order chi connectivity index (χ0) is 23.9. The van der Waals surface area contributed by atoms with E-state index < -0.39 is 11.3 Å². The maximum Gasteiger partial charge on any atom is 0.301 e. The number of rotatable bonds is 5. The molecule has 1 unspecified atom stereocenters. The van der Waals surface area contributed by atoms with E-state index in [0.29, 0.717) is 18.0 Å². The second-order valence-electron chi connectivity index (χ2n) is 8.80. The molecule has 166 valence electrons. The van der Waals surface area contributed by atoms with Gasteiger partial charge in [0.25, 0.3) is 0 Å². The Kier molecular flexibility index (Phi) is 5.29. The zero-order valence-corrected chi connectivity index (χ0v) is 19.3. The zero-order valence-electron chi connectivity index (χ0n) is 19.3. The molecule has 2 aliphatic rings. The van der Waals surface area contributed by atoms with Crippen molar-refractivity contribution in [1.29, 1.82) is 15.8 Å². The summed E-state index contributed by atoms with van der Waals surface area (Å²) in [6.45, 7) is 5.86. The standard InChI is InChI=1S/C26H26N6O/c1-24(2)20-7-5-6-8-22(20)32-13-14-33-26(24,32)12-11-19-9-10-21(30-3)23(15-19)31(4)25(16-27,17-28)18-29/h5-12,15,30H,13-14H2,1-4H3. The Morgan fingerprint density at radius 1 is 1.12 bits per heavy atom. The lowest BCUT2D eigenvalue weighted by molar-refractivity contribution is 0.000337. The molecule has 1 saturated heterocycles. The van der Waals surface area contributed by atoms with Crippen LogP contribution in [0.2, 0.25) is 0 Å². The van der Waals surface area contributed by atoms with Crippen molar-refractivity contribution in [3.8, 4) is 18.2 Å². The summed E-state index contributed by atoms with van der Waals surface area (Å²) in [6.07, 6.45) is 4.11. The largest absolute Gasteiger partial charge is 0.386 e. The van der Waals surface area contributed by atoms with Crippen LogP contribution in [0.1, 0.15) is 25.0 Å². The highest BCUT2D eigenvalue weighted by atomic mass is 16.5. The number of benzene rings is 2. The lowest BCUT2D eigenvalue weighted by Gasteiger charge is -2.39. The van der Waals surface area contributed by atoms with Crippen molar-refractivity contribution in [2.45, 2.75) is 30.5 Å². The van der Waals surface area contributed by atoms with Gasteiger partial charge in [0.15, 0.2) is 5.72 Å². The molecular formula is C26H26N6O. The molecule has 0 aromatic heterocycles. The maximum atomic E-state index is 9.54. The molecule has 33 heavy (non-hydrogen) atoms. The quantitative estimate of drug-likeness (QED) is 0.753. The van der Waals surface area contributed by atoms with E-state index >= 15 is 0 Å². The smallest absolute Gasteiger partial charge is 0.301 e. The van der Waals surface area contributed by atoms with Gasteiger partial charge in [0.2, 0.25) is 0 Å². The molecular weight excluding hydrogens is 412 g/mol. The average molecular weight is 439 g/mol. The first-order chi connectivity index (χ1) is 15.8. The number of anilines is 3. The third-order valence-corrected chi connectivity index (χ3v) is 6.94. The fourth-order valence-electron chi connectivity index (χ4n) is 4.96. The van der Waals surface area contributed by atoms with E-state index in [1.807, 2.05) is 42.5 Å². The highest BCUT2D eigenvalue weighted by Crippen LogP contribution is 2.55. The van der Waals surface area contributed by atoms with E-state index in [4.69, 9.17) is 4.74 Å². The summed E-state index contributed by atoms with van der Waals surface area (Å²) < 4.78 is 6.40. The van der Waals surface area contributed by atoms with Crippen molar-refractivity contribution < 1.29 is 4.74 Å². The first kappa shape index (κ1) is 22.2. The molecule has 2 aromatic carbocycles. The summed E-state index contributed by atoms with van der Waals surface area (Å²) in [7, 11) is 3.34. The average Bonchev–Trinajstić information content (AvgIpc) is 3.36. The lowest BCUT2D eigenvalue weighted by atomic mass is 9.77. The summed E-state index contributed by atoms with van der Waals surface area (Å²) >= 11 is 0. The Hall–Kier alpha value is -3.99. The number of hydrogen-bond donors (Lipinski definition) is 1. The molecule has 0 saturated carbocycles. The Bertz CT molecular complexity index is 1210. The molecule has 2 heterocycles. The molecule has 1 N–H and O–H groups in total. The summed E-state index contributed by atoms with van der Waals surface area (Å²) in [5.41, 5.74) is 1.81.